The van der Waals surface area contributed by atoms with Crippen LogP contribution in [0.15, 0.2) is 29.8 Å². The van der Waals surface area contributed by atoms with Crippen molar-refractivity contribution >= 4 is 21.7 Å². The van der Waals surface area contributed by atoms with Gasteiger partial charge in [-0.15, -0.1) is 11.3 Å². The van der Waals surface area contributed by atoms with Crippen LogP contribution in [-0.4, -0.2) is 9.97 Å². The van der Waals surface area contributed by atoms with E-state index in [0.717, 1.165) is 12.1 Å². The van der Waals surface area contributed by atoms with Crippen molar-refractivity contribution in [3.63, 3.8) is 0 Å². The van der Waals surface area contributed by atoms with Gasteiger partial charge in [0.1, 0.15) is 5.65 Å². The lowest BCUT2D eigenvalue weighted by Gasteiger charge is -2.05. The molecule has 0 saturated heterocycles. The molecule has 0 atom stereocenters. The largest absolute Gasteiger partial charge is 0.343 e. The van der Waals surface area contributed by atoms with E-state index in [0.29, 0.717) is 0 Å². The smallest absolute Gasteiger partial charge is 0.148 e. The first-order valence-electron chi connectivity index (χ1n) is 5.71. The standard InChI is InChI=1S/C14H14N2S/c1-9-5-3-4-6-11(9)7-12-10(2)16-14-13(12)17-8-15-14/h3-6,8,16H,7H2,1-2H3. The normalized spacial score (nSPS) is 11.2. The Morgan fingerprint density at radius 1 is 1.24 bits per heavy atom. The second kappa shape index (κ2) is 4.00. The first-order valence-corrected chi connectivity index (χ1v) is 6.59. The highest BCUT2D eigenvalue weighted by Crippen LogP contribution is 2.27. The molecule has 3 rings (SSSR count). The molecule has 2 nitrogen and oxygen atoms in total. The molecule has 0 aliphatic heterocycles. The molecule has 86 valence electrons. The molecule has 0 fully saturated rings. The molecule has 0 amide bonds. The van der Waals surface area contributed by atoms with E-state index in [-0.39, 0.29) is 0 Å². The second-order valence-electron chi connectivity index (χ2n) is 4.36. The predicted octanol–water partition coefficient (Wildman–Crippen LogP) is 3.83. The van der Waals surface area contributed by atoms with Gasteiger partial charge in [-0.25, -0.2) is 4.98 Å². The van der Waals surface area contributed by atoms with Crippen LogP contribution in [0.4, 0.5) is 0 Å². The zero-order valence-corrected chi connectivity index (χ0v) is 10.8. The molecule has 0 unspecified atom stereocenters. The number of aryl methyl sites for hydroxylation is 2. The van der Waals surface area contributed by atoms with Gasteiger partial charge in [0.2, 0.25) is 0 Å². The second-order valence-corrected chi connectivity index (χ2v) is 5.22. The van der Waals surface area contributed by atoms with Crippen molar-refractivity contribution in [1.29, 1.82) is 0 Å². The van der Waals surface area contributed by atoms with E-state index in [1.165, 1.54) is 27.1 Å². The third-order valence-electron chi connectivity index (χ3n) is 3.23. The summed E-state index contributed by atoms with van der Waals surface area (Å²) < 4.78 is 1.30. The minimum absolute atomic E-state index is 0.987. The van der Waals surface area contributed by atoms with Gasteiger partial charge >= 0.3 is 0 Å². The van der Waals surface area contributed by atoms with Gasteiger partial charge in [-0.05, 0) is 30.5 Å². The fourth-order valence-corrected chi connectivity index (χ4v) is 3.03. The average molecular weight is 242 g/mol. The van der Waals surface area contributed by atoms with Crippen LogP contribution in [0.3, 0.4) is 0 Å². The average Bonchev–Trinajstić information content (AvgIpc) is 2.85. The summed E-state index contributed by atoms with van der Waals surface area (Å²) in [6.45, 7) is 4.29. The number of thiazole rings is 1. The zero-order chi connectivity index (χ0) is 11.8. The number of aromatic nitrogens is 2. The molecule has 17 heavy (non-hydrogen) atoms. The van der Waals surface area contributed by atoms with E-state index in [1.807, 2.05) is 5.51 Å². The maximum absolute atomic E-state index is 4.33. The summed E-state index contributed by atoms with van der Waals surface area (Å²) in [4.78, 5) is 7.67. The van der Waals surface area contributed by atoms with E-state index in [2.05, 4.69) is 48.1 Å². The number of benzene rings is 1. The maximum atomic E-state index is 4.33. The molecule has 2 heterocycles. The summed E-state index contributed by atoms with van der Waals surface area (Å²) in [5, 5.41) is 0. The number of rotatable bonds is 2. The van der Waals surface area contributed by atoms with Crippen LogP contribution in [-0.2, 0) is 6.42 Å². The number of hydrogen-bond acceptors (Lipinski definition) is 2. The van der Waals surface area contributed by atoms with Gasteiger partial charge in [0.25, 0.3) is 0 Å². The quantitative estimate of drug-likeness (QED) is 0.727. The topological polar surface area (TPSA) is 28.7 Å². The summed E-state index contributed by atoms with van der Waals surface area (Å²) in [6, 6.07) is 8.56. The molecule has 3 heteroatoms. The summed E-state index contributed by atoms with van der Waals surface area (Å²) in [5.41, 5.74) is 8.30. The number of nitrogens with zero attached hydrogens (tertiary/aromatic N) is 1. The summed E-state index contributed by atoms with van der Waals surface area (Å²) >= 11 is 1.72. The maximum Gasteiger partial charge on any atom is 0.148 e. The molecule has 0 saturated carbocycles. The Morgan fingerprint density at radius 2 is 2.06 bits per heavy atom. The van der Waals surface area contributed by atoms with E-state index in [9.17, 15) is 0 Å². The van der Waals surface area contributed by atoms with E-state index >= 15 is 0 Å². The van der Waals surface area contributed by atoms with Crippen molar-refractivity contribution in [1.82, 2.24) is 9.97 Å². The van der Waals surface area contributed by atoms with Crippen LogP contribution >= 0.6 is 11.3 Å². The van der Waals surface area contributed by atoms with Crippen LogP contribution < -0.4 is 0 Å². The van der Waals surface area contributed by atoms with Gasteiger partial charge in [-0.3, -0.25) is 0 Å². The van der Waals surface area contributed by atoms with Crippen LogP contribution in [0.1, 0.15) is 22.4 Å². The van der Waals surface area contributed by atoms with E-state index in [1.54, 1.807) is 11.3 Å². The highest BCUT2D eigenvalue weighted by atomic mass is 32.1. The van der Waals surface area contributed by atoms with Gasteiger partial charge in [0.15, 0.2) is 0 Å². The molecule has 0 bridgehead atoms. The molecular formula is C14H14N2S. The predicted molar refractivity (Wildman–Crippen MR) is 72.7 cm³/mol. The highest BCUT2D eigenvalue weighted by Gasteiger charge is 2.11. The molecular weight excluding hydrogens is 228 g/mol. The first kappa shape index (κ1) is 10.5. The number of aromatic amines is 1. The Bertz CT molecular complexity index is 664. The number of hydrogen-bond donors (Lipinski definition) is 1. The minimum atomic E-state index is 0.987. The molecule has 0 aliphatic carbocycles. The fourth-order valence-electron chi connectivity index (χ4n) is 2.18. The Morgan fingerprint density at radius 3 is 2.88 bits per heavy atom. The Hall–Kier alpha value is -1.61. The highest BCUT2D eigenvalue weighted by molar-refractivity contribution is 7.16. The Labute approximate surface area is 104 Å². The zero-order valence-electron chi connectivity index (χ0n) is 9.95. The summed E-state index contributed by atoms with van der Waals surface area (Å²) in [6.07, 6.45) is 0.987. The lowest BCUT2D eigenvalue weighted by Crippen LogP contribution is -1.92. The Balaban J connectivity index is 2.08. The van der Waals surface area contributed by atoms with Crippen molar-refractivity contribution in [3.8, 4) is 0 Å². The lowest BCUT2D eigenvalue weighted by molar-refractivity contribution is 1.12. The summed E-state index contributed by atoms with van der Waals surface area (Å²) in [5.74, 6) is 0. The van der Waals surface area contributed by atoms with Crippen LogP contribution in [0.2, 0.25) is 0 Å². The van der Waals surface area contributed by atoms with Crippen LogP contribution in [0.25, 0.3) is 10.3 Å². The van der Waals surface area contributed by atoms with E-state index < -0.39 is 0 Å². The SMILES string of the molecule is Cc1ccccc1Cc1c(C)[nH]c2ncsc12. The molecule has 0 aliphatic rings. The first-order chi connectivity index (χ1) is 8.25. The van der Waals surface area contributed by atoms with Gasteiger partial charge < -0.3 is 4.98 Å². The third kappa shape index (κ3) is 1.76. The molecule has 1 N–H and O–H groups in total. The van der Waals surface area contributed by atoms with E-state index in [4.69, 9.17) is 0 Å². The monoisotopic (exact) mass is 242 g/mol. The van der Waals surface area contributed by atoms with Crippen molar-refractivity contribution < 1.29 is 0 Å². The number of nitrogens with one attached hydrogen (secondary N) is 1. The van der Waals surface area contributed by atoms with Crippen molar-refractivity contribution in [2.75, 3.05) is 0 Å². The van der Waals surface area contributed by atoms with Gasteiger partial charge in [-0.1, -0.05) is 24.3 Å². The molecule has 3 aromatic rings. The molecule has 2 aromatic heterocycles. The molecule has 0 spiro atoms. The molecule has 1 aromatic carbocycles. The van der Waals surface area contributed by atoms with Gasteiger partial charge in [0, 0.05) is 12.1 Å². The minimum Gasteiger partial charge on any atom is -0.343 e. The van der Waals surface area contributed by atoms with Gasteiger partial charge in [-0.2, -0.15) is 0 Å². The van der Waals surface area contributed by atoms with Crippen LogP contribution in [0, 0.1) is 13.8 Å². The van der Waals surface area contributed by atoms with Crippen molar-refractivity contribution in [2.24, 2.45) is 0 Å². The van der Waals surface area contributed by atoms with Gasteiger partial charge in [0.05, 0.1) is 10.2 Å². The fraction of sp³-hybridized carbons (Fsp3) is 0.214. The summed E-state index contributed by atoms with van der Waals surface area (Å²) in [7, 11) is 0. The van der Waals surface area contributed by atoms with Crippen molar-refractivity contribution in [3.05, 3.63) is 52.2 Å². The number of fused-ring (bicyclic) bond motifs is 1. The molecule has 0 radical (unpaired) electrons. The Kier molecular flexibility index (Phi) is 2.48. The van der Waals surface area contributed by atoms with Crippen LogP contribution in [0.5, 0.6) is 0 Å². The third-order valence-corrected chi connectivity index (χ3v) is 4.11. The lowest BCUT2D eigenvalue weighted by atomic mass is 10.0. The van der Waals surface area contributed by atoms with Crippen molar-refractivity contribution in [2.45, 2.75) is 20.3 Å². The number of H-pyrrole nitrogens is 1.